The standard InChI is InChI=1S/C17H14Cl2N2O5S/c18-10-2-1-8(3-11(10)19)5-21-12-7-27-6-9(12)15(24)14(17(21)26)16(25)20-4-13(22)23/h1-3,24H,4-7H2,(H,20,25)(H,22,23). The maximum atomic E-state index is 12.9. The lowest BCUT2D eigenvalue weighted by molar-refractivity contribution is -0.135. The van der Waals surface area contributed by atoms with E-state index in [0.717, 1.165) is 0 Å². The number of carboxylic acid groups (broad SMARTS) is 1. The molecule has 27 heavy (non-hydrogen) atoms. The van der Waals surface area contributed by atoms with Crippen molar-refractivity contribution in [2.45, 2.75) is 18.1 Å². The van der Waals surface area contributed by atoms with Gasteiger partial charge in [0.2, 0.25) is 0 Å². The third-order valence-corrected chi connectivity index (χ3v) is 5.80. The molecule has 3 rings (SSSR count). The monoisotopic (exact) mass is 428 g/mol. The van der Waals surface area contributed by atoms with Crippen molar-refractivity contribution in [2.75, 3.05) is 6.54 Å². The maximum absolute atomic E-state index is 12.9. The number of carbonyl (C=O) groups excluding carboxylic acids is 1. The largest absolute Gasteiger partial charge is 0.507 e. The Morgan fingerprint density at radius 2 is 1.96 bits per heavy atom. The number of nitrogens with one attached hydrogen (secondary N) is 1. The maximum Gasteiger partial charge on any atom is 0.322 e. The first-order chi connectivity index (χ1) is 12.8. The average molecular weight is 429 g/mol. The van der Waals surface area contributed by atoms with Crippen molar-refractivity contribution in [3.63, 3.8) is 0 Å². The molecule has 0 saturated heterocycles. The third kappa shape index (κ3) is 3.92. The van der Waals surface area contributed by atoms with E-state index >= 15 is 0 Å². The zero-order chi connectivity index (χ0) is 19.7. The van der Waals surface area contributed by atoms with Crippen LogP contribution in [0.15, 0.2) is 23.0 Å². The number of hydrogen-bond acceptors (Lipinski definition) is 5. The van der Waals surface area contributed by atoms with Crippen LogP contribution in [0.4, 0.5) is 0 Å². The van der Waals surface area contributed by atoms with Crippen molar-refractivity contribution in [2.24, 2.45) is 0 Å². The number of hydrogen-bond donors (Lipinski definition) is 3. The molecule has 142 valence electrons. The van der Waals surface area contributed by atoms with Crippen molar-refractivity contribution in [3.8, 4) is 5.75 Å². The first kappa shape index (κ1) is 19.6. The molecule has 7 nitrogen and oxygen atoms in total. The first-order valence-electron chi connectivity index (χ1n) is 7.78. The van der Waals surface area contributed by atoms with Gasteiger partial charge in [-0.05, 0) is 17.7 Å². The molecule has 0 radical (unpaired) electrons. The second-order valence-electron chi connectivity index (χ2n) is 5.86. The molecule has 0 spiro atoms. The molecule has 0 atom stereocenters. The summed E-state index contributed by atoms with van der Waals surface area (Å²) < 4.78 is 1.41. The third-order valence-electron chi connectivity index (χ3n) is 4.09. The van der Waals surface area contributed by atoms with Crippen LogP contribution in [0.3, 0.4) is 0 Å². The summed E-state index contributed by atoms with van der Waals surface area (Å²) in [6.45, 7) is -0.519. The number of amides is 1. The number of carbonyl (C=O) groups is 2. The molecule has 0 unspecified atom stereocenters. The minimum atomic E-state index is -1.25. The number of halogens is 2. The zero-order valence-corrected chi connectivity index (χ0v) is 16.1. The van der Waals surface area contributed by atoms with E-state index in [1.54, 1.807) is 18.2 Å². The van der Waals surface area contributed by atoms with Crippen LogP contribution in [-0.4, -0.2) is 33.2 Å². The van der Waals surface area contributed by atoms with Gasteiger partial charge in [-0.2, -0.15) is 11.8 Å². The smallest absolute Gasteiger partial charge is 0.322 e. The number of benzene rings is 1. The number of pyridine rings is 1. The number of rotatable bonds is 5. The fourth-order valence-electron chi connectivity index (χ4n) is 2.81. The summed E-state index contributed by atoms with van der Waals surface area (Å²) in [6.07, 6.45) is 0. The van der Waals surface area contributed by atoms with Crippen molar-refractivity contribution >= 4 is 46.8 Å². The van der Waals surface area contributed by atoms with Gasteiger partial charge in [0.25, 0.3) is 11.5 Å². The van der Waals surface area contributed by atoms with Crippen molar-refractivity contribution < 1.29 is 19.8 Å². The Morgan fingerprint density at radius 1 is 1.22 bits per heavy atom. The molecule has 2 heterocycles. The topological polar surface area (TPSA) is 109 Å². The van der Waals surface area contributed by atoms with E-state index in [1.807, 2.05) is 0 Å². The molecular formula is C17H14Cl2N2O5S. The van der Waals surface area contributed by atoms with E-state index in [1.165, 1.54) is 16.3 Å². The van der Waals surface area contributed by atoms with E-state index in [2.05, 4.69) is 5.32 Å². The lowest BCUT2D eigenvalue weighted by Crippen LogP contribution is -2.37. The van der Waals surface area contributed by atoms with Crippen LogP contribution < -0.4 is 10.9 Å². The van der Waals surface area contributed by atoms with Gasteiger partial charge in [0.1, 0.15) is 17.9 Å². The van der Waals surface area contributed by atoms with Crippen molar-refractivity contribution in [1.29, 1.82) is 0 Å². The van der Waals surface area contributed by atoms with Gasteiger partial charge in [-0.3, -0.25) is 14.4 Å². The Labute approximate surface area is 167 Å². The molecule has 1 aliphatic heterocycles. The van der Waals surface area contributed by atoms with Crippen LogP contribution in [0.2, 0.25) is 10.0 Å². The van der Waals surface area contributed by atoms with E-state index in [0.29, 0.717) is 38.4 Å². The molecule has 1 aromatic carbocycles. The second-order valence-corrected chi connectivity index (χ2v) is 7.66. The Balaban J connectivity index is 2.08. The van der Waals surface area contributed by atoms with E-state index in [4.69, 9.17) is 28.3 Å². The minimum absolute atomic E-state index is 0.137. The summed E-state index contributed by atoms with van der Waals surface area (Å²) in [5.41, 5.74) is 0.678. The minimum Gasteiger partial charge on any atom is -0.507 e. The van der Waals surface area contributed by atoms with Gasteiger partial charge in [0.15, 0.2) is 0 Å². The Morgan fingerprint density at radius 3 is 2.63 bits per heavy atom. The zero-order valence-electron chi connectivity index (χ0n) is 13.8. The van der Waals surface area contributed by atoms with Crippen LogP contribution in [0.25, 0.3) is 0 Å². The normalized spacial score (nSPS) is 12.7. The van der Waals surface area contributed by atoms with E-state index < -0.39 is 35.3 Å². The average Bonchev–Trinajstić information content (AvgIpc) is 3.10. The summed E-state index contributed by atoms with van der Waals surface area (Å²) in [5, 5.41) is 22.0. The van der Waals surface area contributed by atoms with E-state index in [9.17, 15) is 19.5 Å². The van der Waals surface area contributed by atoms with Gasteiger partial charge in [-0.15, -0.1) is 0 Å². The van der Waals surface area contributed by atoms with Crippen LogP contribution in [0, 0.1) is 0 Å². The summed E-state index contributed by atoms with van der Waals surface area (Å²) >= 11 is 13.5. The fourth-order valence-corrected chi connectivity index (χ4v) is 4.27. The lowest BCUT2D eigenvalue weighted by Gasteiger charge is -2.16. The predicted molar refractivity (Wildman–Crippen MR) is 103 cm³/mol. The van der Waals surface area contributed by atoms with Crippen LogP contribution in [0.5, 0.6) is 5.75 Å². The molecule has 10 heteroatoms. The van der Waals surface area contributed by atoms with Gasteiger partial charge < -0.3 is 20.1 Å². The molecule has 0 aliphatic carbocycles. The molecule has 1 aromatic heterocycles. The Bertz CT molecular complexity index is 1010. The molecule has 3 N–H and O–H groups in total. The van der Waals surface area contributed by atoms with Gasteiger partial charge in [0, 0.05) is 22.8 Å². The number of fused-ring (bicyclic) bond motifs is 1. The van der Waals surface area contributed by atoms with Gasteiger partial charge >= 0.3 is 5.97 Å². The number of aliphatic carboxylic acids is 1. The Hall–Kier alpha value is -2.16. The van der Waals surface area contributed by atoms with Gasteiger partial charge in [0.05, 0.1) is 16.6 Å². The molecule has 0 bridgehead atoms. The van der Waals surface area contributed by atoms with Gasteiger partial charge in [-0.1, -0.05) is 29.3 Å². The quantitative estimate of drug-likeness (QED) is 0.674. The molecule has 1 amide bonds. The van der Waals surface area contributed by atoms with Crippen LogP contribution >= 0.6 is 35.0 Å². The highest BCUT2D eigenvalue weighted by Crippen LogP contribution is 2.36. The number of aromatic hydroxyl groups is 1. The molecular weight excluding hydrogens is 415 g/mol. The highest BCUT2D eigenvalue weighted by atomic mass is 35.5. The van der Waals surface area contributed by atoms with Gasteiger partial charge in [-0.25, -0.2) is 0 Å². The summed E-state index contributed by atoms with van der Waals surface area (Å²) in [6, 6.07) is 4.95. The summed E-state index contributed by atoms with van der Waals surface area (Å²) in [4.78, 5) is 35.9. The summed E-state index contributed by atoms with van der Waals surface area (Å²) in [5.74, 6) is -1.62. The molecule has 2 aromatic rings. The van der Waals surface area contributed by atoms with Crippen molar-refractivity contribution in [3.05, 3.63) is 61.0 Å². The predicted octanol–water partition coefficient (Wildman–Crippen LogP) is 2.47. The summed E-state index contributed by atoms with van der Waals surface area (Å²) in [7, 11) is 0. The van der Waals surface area contributed by atoms with Crippen LogP contribution in [-0.2, 0) is 22.8 Å². The number of aromatic nitrogens is 1. The molecule has 1 aliphatic rings. The Kier molecular flexibility index (Phi) is 5.69. The molecule has 0 saturated carbocycles. The number of thioether (sulfide) groups is 1. The first-order valence-corrected chi connectivity index (χ1v) is 9.69. The lowest BCUT2D eigenvalue weighted by atomic mass is 10.1. The molecule has 0 fully saturated rings. The van der Waals surface area contributed by atoms with E-state index in [-0.39, 0.29) is 6.54 Å². The SMILES string of the molecule is O=C(O)CNC(=O)c1c(O)c2c(n(Cc3ccc(Cl)c(Cl)c3)c1=O)CSC2. The number of carboxylic acids is 1. The highest BCUT2D eigenvalue weighted by Gasteiger charge is 2.28. The van der Waals surface area contributed by atoms with Crippen molar-refractivity contribution in [1.82, 2.24) is 9.88 Å². The highest BCUT2D eigenvalue weighted by molar-refractivity contribution is 7.98. The number of nitrogens with zero attached hydrogens (tertiary/aromatic N) is 1. The second kappa shape index (κ2) is 7.84. The van der Waals surface area contributed by atoms with Crippen LogP contribution in [0.1, 0.15) is 27.2 Å². The fraction of sp³-hybridized carbons (Fsp3) is 0.235.